The quantitative estimate of drug-likeness (QED) is 0.553. The van der Waals surface area contributed by atoms with Gasteiger partial charge in [-0.3, -0.25) is 0 Å². The minimum Gasteiger partial charge on any atom is -0.494 e. The molecule has 1 rings (SSSR count). The highest BCUT2D eigenvalue weighted by molar-refractivity contribution is 5.76. The normalized spacial score (nSPS) is 11.9. The Morgan fingerprint density at radius 3 is 2.39 bits per heavy atom. The minimum absolute atomic E-state index is 0.405. The second-order valence-corrected chi connectivity index (χ2v) is 3.91. The number of methoxy groups -OCH3 is 2. The molecule has 0 spiro atoms. The number of rotatable bonds is 7. The van der Waals surface area contributed by atoms with Crippen molar-refractivity contribution in [1.29, 1.82) is 0 Å². The van der Waals surface area contributed by atoms with Gasteiger partial charge < -0.3 is 14.2 Å². The third kappa shape index (κ3) is 4.04. The third-order valence-corrected chi connectivity index (χ3v) is 2.60. The standard InChI is InChI=1S/C14H20O4/c1-4-5-10-18-12-8-6-11(7-9-12)13(16-2)14(15)17-3/h6-9,13H,4-5,10H2,1-3H3/t13-/m1/s1. The predicted octanol–water partition coefficient (Wildman–Crippen LogP) is 2.73. The van der Waals surface area contributed by atoms with Crippen LogP contribution >= 0.6 is 0 Å². The van der Waals surface area contributed by atoms with E-state index in [4.69, 9.17) is 9.47 Å². The fraction of sp³-hybridized carbons (Fsp3) is 0.500. The van der Waals surface area contributed by atoms with Crippen LogP contribution in [-0.2, 0) is 14.3 Å². The van der Waals surface area contributed by atoms with E-state index in [0.29, 0.717) is 6.61 Å². The molecule has 0 radical (unpaired) electrons. The SMILES string of the molecule is CCCCOc1ccc([C@@H](OC)C(=O)OC)cc1. The molecule has 100 valence electrons. The smallest absolute Gasteiger partial charge is 0.339 e. The number of carbonyl (C=O) groups excluding carboxylic acids is 1. The van der Waals surface area contributed by atoms with Gasteiger partial charge in [-0.1, -0.05) is 25.5 Å². The summed E-state index contributed by atoms with van der Waals surface area (Å²) >= 11 is 0. The maximum Gasteiger partial charge on any atom is 0.339 e. The summed E-state index contributed by atoms with van der Waals surface area (Å²) in [6.45, 7) is 2.83. The van der Waals surface area contributed by atoms with Gasteiger partial charge in [0.05, 0.1) is 13.7 Å². The Bertz CT molecular complexity index is 359. The molecule has 1 aromatic rings. The molecule has 4 heteroatoms. The molecule has 0 amide bonds. The van der Waals surface area contributed by atoms with E-state index >= 15 is 0 Å². The highest BCUT2D eigenvalue weighted by atomic mass is 16.6. The molecule has 0 aliphatic rings. The molecular formula is C14H20O4. The molecule has 0 fully saturated rings. The molecule has 0 bridgehead atoms. The molecule has 0 saturated carbocycles. The van der Waals surface area contributed by atoms with Crippen LogP contribution in [0.1, 0.15) is 31.4 Å². The van der Waals surface area contributed by atoms with Gasteiger partial charge in [0.25, 0.3) is 0 Å². The van der Waals surface area contributed by atoms with Crippen molar-refractivity contribution in [3.05, 3.63) is 29.8 Å². The lowest BCUT2D eigenvalue weighted by Gasteiger charge is -2.13. The zero-order valence-electron chi connectivity index (χ0n) is 11.1. The van der Waals surface area contributed by atoms with Gasteiger partial charge in [0, 0.05) is 7.11 Å². The first-order valence-electron chi connectivity index (χ1n) is 6.06. The summed E-state index contributed by atoms with van der Waals surface area (Å²) in [5.41, 5.74) is 0.757. The number of hydrogen-bond acceptors (Lipinski definition) is 4. The molecule has 0 heterocycles. The lowest BCUT2D eigenvalue weighted by atomic mass is 10.1. The predicted molar refractivity (Wildman–Crippen MR) is 68.6 cm³/mol. The fourth-order valence-corrected chi connectivity index (χ4v) is 1.55. The first-order chi connectivity index (χ1) is 8.72. The number of ether oxygens (including phenoxy) is 3. The second-order valence-electron chi connectivity index (χ2n) is 3.91. The average Bonchev–Trinajstić information content (AvgIpc) is 2.41. The zero-order valence-corrected chi connectivity index (χ0v) is 11.1. The van der Waals surface area contributed by atoms with Crippen molar-refractivity contribution >= 4 is 5.97 Å². The lowest BCUT2D eigenvalue weighted by Crippen LogP contribution is -2.15. The fourth-order valence-electron chi connectivity index (χ4n) is 1.55. The average molecular weight is 252 g/mol. The third-order valence-electron chi connectivity index (χ3n) is 2.60. The van der Waals surface area contributed by atoms with Crippen LogP contribution in [0, 0.1) is 0 Å². The van der Waals surface area contributed by atoms with Gasteiger partial charge in [0.1, 0.15) is 5.75 Å². The van der Waals surface area contributed by atoms with E-state index in [1.54, 1.807) is 0 Å². The molecule has 0 saturated heterocycles. The number of benzene rings is 1. The maximum absolute atomic E-state index is 11.5. The van der Waals surface area contributed by atoms with Crippen molar-refractivity contribution < 1.29 is 19.0 Å². The van der Waals surface area contributed by atoms with Crippen LogP contribution in [0.3, 0.4) is 0 Å². The van der Waals surface area contributed by atoms with Crippen molar-refractivity contribution in [2.45, 2.75) is 25.9 Å². The van der Waals surface area contributed by atoms with Crippen molar-refractivity contribution in [3.8, 4) is 5.75 Å². The van der Waals surface area contributed by atoms with Gasteiger partial charge in [-0.25, -0.2) is 4.79 Å². The summed E-state index contributed by atoms with van der Waals surface area (Å²) in [5, 5.41) is 0. The first-order valence-corrected chi connectivity index (χ1v) is 6.06. The molecule has 0 N–H and O–H groups in total. The molecular weight excluding hydrogens is 232 g/mol. The summed E-state index contributed by atoms with van der Waals surface area (Å²) in [6.07, 6.45) is 1.45. The van der Waals surface area contributed by atoms with Crippen LogP contribution in [-0.4, -0.2) is 26.8 Å². The topological polar surface area (TPSA) is 44.8 Å². The van der Waals surface area contributed by atoms with E-state index in [1.165, 1.54) is 14.2 Å². The Morgan fingerprint density at radius 1 is 1.22 bits per heavy atom. The summed E-state index contributed by atoms with van der Waals surface area (Å²) in [4.78, 5) is 11.5. The monoisotopic (exact) mass is 252 g/mol. The summed E-state index contributed by atoms with van der Waals surface area (Å²) in [5.74, 6) is 0.393. The molecule has 18 heavy (non-hydrogen) atoms. The Hall–Kier alpha value is -1.55. The van der Waals surface area contributed by atoms with Gasteiger partial charge >= 0.3 is 5.97 Å². The van der Waals surface area contributed by atoms with E-state index in [2.05, 4.69) is 11.7 Å². The molecule has 0 aliphatic carbocycles. The highest BCUT2D eigenvalue weighted by Crippen LogP contribution is 2.21. The van der Waals surface area contributed by atoms with Gasteiger partial charge in [-0.05, 0) is 24.1 Å². The number of carbonyl (C=O) groups is 1. The van der Waals surface area contributed by atoms with Crippen molar-refractivity contribution in [3.63, 3.8) is 0 Å². The van der Waals surface area contributed by atoms with Crippen molar-refractivity contribution in [2.75, 3.05) is 20.8 Å². The van der Waals surface area contributed by atoms with Gasteiger partial charge in [0.15, 0.2) is 6.10 Å². The second kappa shape index (κ2) is 7.71. The van der Waals surface area contributed by atoms with Crippen LogP contribution in [0.15, 0.2) is 24.3 Å². The summed E-state index contributed by atoms with van der Waals surface area (Å²) in [7, 11) is 2.82. The summed E-state index contributed by atoms with van der Waals surface area (Å²) < 4.78 is 15.3. The van der Waals surface area contributed by atoms with Crippen LogP contribution in [0.2, 0.25) is 0 Å². The Labute approximate surface area is 108 Å². The summed E-state index contributed by atoms with van der Waals surface area (Å²) in [6, 6.07) is 7.29. The number of esters is 1. The molecule has 1 aromatic carbocycles. The van der Waals surface area contributed by atoms with E-state index in [0.717, 1.165) is 24.2 Å². The van der Waals surface area contributed by atoms with Gasteiger partial charge in [-0.15, -0.1) is 0 Å². The molecule has 4 nitrogen and oxygen atoms in total. The Kier molecular flexibility index (Phi) is 6.22. The minimum atomic E-state index is -0.681. The van der Waals surface area contributed by atoms with E-state index in [9.17, 15) is 4.79 Å². The molecule has 0 aromatic heterocycles. The van der Waals surface area contributed by atoms with Crippen LogP contribution in [0.25, 0.3) is 0 Å². The van der Waals surface area contributed by atoms with Gasteiger partial charge in [-0.2, -0.15) is 0 Å². The maximum atomic E-state index is 11.5. The molecule has 0 unspecified atom stereocenters. The van der Waals surface area contributed by atoms with Crippen LogP contribution in [0.4, 0.5) is 0 Å². The van der Waals surface area contributed by atoms with Crippen molar-refractivity contribution in [2.24, 2.45) is 0 Å². The zero-order chi connectivity index (χ0) is 13.4. The van der Waals surface area contributed by atoms with Gasteiger partial charge in [0.2, 0.25) is 0 Å². The number of hydrogen-bond donors (Lipinski definition) is 0. The van der Waals surface area contributed by atoms with E-state index in [-0.39, 0.29) is 0 Å². The first kappa shape index (κ1) is 14.5. The van der Waals surface area contributed by atoms with E-state index in [1.807, 2.05) is 24.3 Å². The van der Waals surface area contributed by atoms with Crippen LogP contribution < -0.4 is 4.74 Å². The highest BCUT2D eigenvalue weighted by Gasteiger charge is 2.20. The Balaban J connectivity index is 2.65. The van der Waals surface area contributed by atoms with E-state index < -0.39 is 12.1 Å². The lowest BCUT2D eigenvalue weighted by molar-refractivity contribution is -0.152. The molecule has 0 aliphatic heterocycles. The van der Waals surface area contributed by atoms with Crippen molar-refractivity contribution in [1.82, 2.24) is 0 Å². The van der Waals surface area contributed by atoms with Crippen LogP contribution in [0.5, 0.6) is 5.75 Å². The number of unbranched alkanes of at least 4 members (excludes halogenated alkanes) is 1. The Morgan fingerprint density at radius 2 is 1.89 bits per heavy atom. The molecule has 1 atom stereocenters. The largest absolute Gasteiger partial charge is 0.494 e.